The first-order valence-electron chi connectivity index (χ1n) is 12.8. The summed E-state index contributed by atoms with van der Waals surface area (Å²) < 4.78 is 5.71. The van der Waals surface area contributed by atoms with Gasteiger partial charge in [-0.15, -0.1) is 0 Å². The SMILES string of the molecule is CC(C)Oc1ccc(C(=O)NC[C@@H](c2ccc(N(C)C)cc2)N2CCN(c3ccccc3)CC2)cc1. The van der Waals surface area contributed by atoms with Gasteiger partial charge in [-0.1, -0.05) is 30.3 Å². The normalized spacial score (nSPS) is 15.0. The predicted molar refractivity (Wildman–Crippen MR) is 148 cm³/mol. The van der Waals surface area contributed by atoms with Crippen molar-refractivity contribution in [3.05, 3.63) is 90.0 Å². The molecule has 1 aliphatic heterocycles. The van der Waals surface area contributed by atoms with Crippen LogP contribution in [0, 0.1) is 0 Å². The smallest absolute Gasteiger partial charge is 0.251 e. The highest BCUT2D eigenvalue weighted by molar-refractivity contribution is 5.94. The Kier molecular flexibility index (Phi) is 8.49. The van der Waals surface area contributed by atoms with Gasteiger partial charge in [0.15, 0.2) is 0 Å². The Hall–Kier alpha value is -3.51. The van der Waals surface area contributed by atoms with E-state index in [1.54, 1.807) is 0 Å². The molecule has 3 aromatic carbocycles. The third kappa shape index (κ3) is 6.58. The summed E-state index contributed by atoms with van der Waals surface area (Å²) in [6.45, 7) is 8.33. The number of rotatable bonds is 9. The lowest BCUT2D eigenvalue weighted by molar-refractivity contribution is 0.0930. The molecule has 0 unspecified atom stereocenters. The maximum Gasteiger partial charge on any atom is 0.251 e. The number of piperazine rings is 1. The summed E-state index contributed by atoms with van der Waals surface area (Å²) in [5.41, 5.74) is 4.29. The number of hydrogen-bond donors (Lipinski definition) is 1. The second-order valence-electron chi connectivity index (χ2n) is 9.76. The molecule has 0 spiro atoms. The van der Waals surface area contributed by atoms with E-state index in [4.69, 9.17) is 4.74 Å². The maximum absolute atomic E-state index is 13.0. The van der Waals surface area contributed by atoms with E-state index in [0.717, 1.165) is 31.9 Å². The van der Waals surface area contributed by atoms with Gasteiger partial charge >= 0.3 is 0 Å². The molecule has 1 fully saturated rings. The number of hydrogen-bond acceptors (Lipinski definition) is 5. The number of carbonyl (C=O) groups excluding carboxylic acids is 1. The van der Waals surface area contributed by atoms with Crippen LogP contribution in [0.3, 0.4) is 0 Å². The van der Waals surface area contributed by atoms with Gasteiger partial charge in [-0.2, -0.15) is 0 Å². The second kappa shape index (κ2) is 12.0. The molecule has 36 heavy (non-hydrogen) atoms. The molecule has 0 aromatic heterocycles. The van der Waals surface area contributed by atoms with Crippen molar-refractivity contribution in [1.29, 1.82) is 0 Å². The monoisotopic (exact) mass is 486 g/mol. The van der Waals surface area contributed by atoms with Gasteiger partial charge in [0.2, 0.25) is 0 Å². The van der Waals surface area contributed by atoms with Gasteiger partial charge in [-0.3, -0.25) is 9.69 Å². The molecule has 1 amide bonds. The highest BCUT2D eigenvalue weighted by Crippen LogP contribution is 2.26. The Labute approximate surface area is 215 Å². The van der Waals surface area contributed by atoms with Crippen molar-refractivity contribution >= 4 is 17.3 Å². The number of benzene rings is 3. The molecule has 190 valence electrons. The molecule has 0 bridgehead atoms. The topological polar surface area (TPSA) is 48.1 Å². The zero-order valence-corrected chi connectivity index (χ0v) is 21.9. The fraction of sp³-hybridized carbons (Fsp3) is 0.367. The molecule has 0 saturated carbocycles. The molecule has 1 heterocycles. The highest BCUT2D eigenvalue weighted by Gasteiger charge is 2.26. The van der Waals surface area contributed by atoms with Crippen molar-refractivity contribution in [3.8, 4) is 5.75 Å². The van der Waals surface area contributed by atoms with Gasteiger partial charge in [0, 0.05) is 63.8 Å². The van der Waals surface area contributed by atoms with Gasteiger partial charge < -0.3 is 19.9 Å². The Morgan fingerprint density at radius 2 is 1.53 bits per heavy atom. The number of anilines is 2. The van der Waals surface area contributed by atoms with E-state index in [1.807, 2.05) is 52.2 Å². The molecular weight excluding hydrogens is 448 g/mol. The lowest BCUT2D eigenvalue weighted by Crippen LogP contribution is -2.50. The Balaban J connectivity index is 1.45. The minimum absolute atomic E-state index is 0.0658. The maximum atomic E-state index is 13.0. The van der Waals surface area contributed by atoms with Crippen LogP contribution in [-0.4, -0.2) is 63.7 Å². The van der Waals surface area contributed by atoms with Crippen molar-refractivity contribution in [1.82, 2.24) is 10.2 Å². The summed E-state index contributed by atoms with van der Waals surface area (Å²) in [5.74, 6) is 0.709. The Morgan fingerprint density at radius 1 is 0.889 bits per heavy atom. The molecule has 0 aliphatic carbocycles. The molecule has 1 atom stereocenters. The van der Waals surface area contributed by atoms with Crippen molar-refractivity contribution in [2.45, 2.75) is 26.0 Å². The second-order valence-corrected chi connectivity index (χ2v) is 9.76. The van der Waals surface area contributed by atoms with E-state index in [0.29, 0.717) is 12.1 Å². The van der Waals surface area contributed by atoms with Crippen LogP contribution < -0.4 is 19.9 Å². The Bertz CT molecular complexity index is 1090. The first kappa shape index (κ1) is 25.6. The van der Waals surface area contributed by atoms with Gasteiger partial charge in [0.25, 0.3) is 5.91 Å². The summed E-state index contributed by atoms with van der Waals surface area (Å²) in [5, 5.41) is 3.19. The summed E-state index contributed by atoms with van der Waals surface area (Å²) >= 11 is 0. The predicted octanol–water partition coefficient (Wildman–Crippen LogP) is 4.83. The molecule has 1 aliphatic rings. The van der Waals surface area contributed by atoms with Crippen LogP contribution in [0.25, 0.3) is 0 Å². The van der Waals surface area contributed by atoms with Crippen LogP contribution >= 0.6 is 0 Å². The molecule has 6 heteroatoms. The first-order valence-corrected chi connectivity index (χ1v) is 12.8. The highest BCUT2D eigenvalue weighted by atomic mass is 16.5. The number of para-hydroxylation sites is 1. The number of carbonyl (C=O) groups is 1. The van der Waals surface area contributed by atoms with Gasteiger partial charge in [-0.25, -0.2) is 0 Å². The average molecular weight is 487 g/mol. The molecule has 4 rings (SSSR count). The minimum atomic E-state index is -0.0658. The van der Waals surface area contributed by atoms with E-state index in [-0.39, 0.29) is 18.1 Å². The number of nitrogens with one attached hydrogen (secondary N) is 1. The summed E-state index contributed by atoms with van der Waals surface area (Å²) in [6, 6.07) is 26.7. The van der Waals surface area contributed by atoms with Crippen LogP contribution in [0.5, 0.6) is 5.75 Å². The van der Waals surface area contributed by atoms with Crippen LogP contribution in [0.2, 0.25) is 0 Å². The first-order chi connectivity index (χ1) is 17.4. The van der Waals surface area contributed by atoms with E-state index in [1.165, 1.54) is 16.9 Å². The lowest BCUT2D eigenvalue weighted by atomic mass is 10.0. The number of amides is 1. The Morgan fingerprint density at radius 3 is 2.11 bits per heavy atom. The van der Waals surface area contributed by atoms with Crippen LogP contribution in [0.15, 0.2) is 78.9 Å². The summed E-state index contributed by atoms with van der Waals surface area (Å²) in [7, 11) is 4.10. The standard InChI is InChI=1S/C30H38N4O2/c1-23(2)36-28-16-12-25(13-17-28)30(35)31-22-29(24-10-14-26(15-11-24)32(3)4)34-20-18-33(19-21-34)27-8-6-5-7-9-27/h5-17,23,29H,18-22H2,1-4H3,(H,31,35)/t29-/m0/s1. The van der Waals surface area contributed by atoms with Gasteiger partial charge in [0.05, 0.1) is 12.1 Å². The molecule has 0 radical (unpaired) electrons. The fourth-order valence-corrected chi connectivity index (χ4v) is 4.63. The van der Waals surface area contributed by atoms with Crippen molar-refractivity contribution in [2.75, 3.05) is 56.6 Å². The largest absolute Gasteiger partial charge is 0.491 e. The third-order valence-electron chi connectivity index (χ3n) is 6.61. The van der Waals surface area contributed by atoms with Crippen LogP contribution in [0.1, 0.15) is 35.8 Å². The van der Waals surface area contributed by atoms with Crippen LogP contribution in [-0.2, 0) is 0 Å². The average Bonchev–Trinajstić information content (AvgIpc) is 2.90. The lowest BCUT2D eigenvalue weighted by Gasteiger charge is -2.40. The van der Waals surface area contributed by atoms with Gasteiger partial charge in [-0.05, 0) is 67.9 Å². The van der Waals surface area contributed by atoms with Gasteiger partial charge in [0.1, 0.15) is 5.75 Å². The van der Waals surface area contributed by atoms with Crippen molar-refractivity contribution < 1.29 is 9.53 Å². The fourth-order valence-electron chi connectivity index (χ4n) is 4.63. The van der Waals surface area contributed by atoms with Crippen molar-refractivity contribution in [3.63, 3.8) is 0 Å². The van der Waals surface area contributed by atoms with Crippen molar-refractivity contribution in [2.24, 2.45) is 0 Å². The van der Waals surface area contributed by atoms with E-state index >= 15 is 0 Å². The molecule has 1 N–H and O–H groups in total. The van der Waals surface area contributed by atoms with E-state index in [2.05, 4.69) is 74.6 Å². The van der Waals surface area contributed by atoms with E-state index < -0.39 is 0 Å². The zero-order valence-electron chi connectivity index (χ0n) is 21.9. The van der Waals surface area contributed by atoms with Crippen LogP contribution in [0.4, 0.5) is 11.4 Å². The molecule has 1 saturated heterocycles. The third-order valence-corrected chi connectivity index (χ3v) is 6.61. The molecule has 3 aromatic rings. The summed E-state index contributed by atoms with van der Waals surface area (Å²) in [4.78, 5) is 20.0. The summed E-state index contributed by atoms with van der Waals surface area (Å²) in [6.07, 6.45) is 0.103. The zero-order chi connectivity index (χ0) is 25.5. The quantitative estimate of drug-likeness (QED) is 0.469. The van der Waals surface area contributed by atoms with E-state index in [9.17, 15) is 4.79 Å². The molecule has 6 nitrogen and oxygen atoms in total. The number of nitrogens with zero attached hydrogens (tertiary/aromatic N) is 3. The number of ether oxygens (including phenoxy) is 1. The minimum Gasteiger partial charge on any atom is -0.491 e. The molecular formula is C30H38N4O2.